The Kier molecular flexibility index (Phi) is 4.18. The number of rotatable bonds is 4. The lowest BCUT2D eigenvalue weighted by atomic mass is 10.1. The Labute approximate surface area is 120 Å². The van der Waals surface area contributed by atoms with Gasteiger partial charge in [-0.05, 0) is 29.8 Å². The van der Waals surface area contributed by atoms with Crippen LogP contribution in [0.3, 0.4) is 0 Å². The normalized spacial score (nSPS) is 9.80. The van der Waals surface area contributed by atoms with Crippen molar-refractivity contribution in [3.63, 3.8) is 0 Å². The molecule has 0 unspecified atom stereocenters. The second kappa shape index (κ2) is 6.04. The van der Waals surface area contributed by atoms with Crippen LogP contribution < -0.4 is 4.74 Å². The first kappa shape index (κ1) is 13.8. The van der Waals surface area contributed by atoms with Crippen LogP contribution >= 0.6 is 11.6 Å². The highest BCUT2D eigenvalue weighted by atomic mass is 35.5. The number of nitro benzene ring substituents is 1. The number of halogens is 1. The van der Waals surface area contributed by atoms with Gasteiger partial charge in [0.05, 0.1) is 22.6 Å². The molecule has 100 valence electrons. The average molecular weight is 289 g/mol. The highest BCUT2D eigenvalue weighted by Crippen LogP contribution is 2.28. The number of nitro groups is 1. The second-order valence-electron chi connectivity index (χ2n) is 3.97. The molecule has 0 amide bonds. The smallest absolute Gasteiger partial charge is 0.291 e. The molecule has 0 fully saturated rings. The van der Waals surface area contributed by atoms with Crippen molar-refractivity contribution in [2.75, 3.05) is 0 Å². The van der Waals surface area contributed by atoms with Gasteiger partial charge in [-0.3, -0.25) is 10.1 Å². The van der Waals surface area contributed by atoms with Crippen LogP contribution in [0.5, 0.6) is 5.75 Å². The Morgan fingerprint density at radius 3 is 2.80 bits per heavy atom. The van der Waals surface area contributed by atoms with Crippen LogP contribution in [0.15, 0.2) is 42.5 Å². The van der Waals surface area contributed by atoms with E-state index in [2.05, 4.69) is 0 Å². The van der Waals surface area contributed by atoms with Crippen molar-refractivity contribution >= 4 is 17.3 Å². The van der Waals surface area contributed by atoms with Gasteiger partial charge in [0.2, 0.25) is 0 Å². The molecule has 2 rings (SSSR count). The summed E-state index contributed by atoms with van der Waals surface area (Å²) in [5.41, 5.74) is 1.14. The third kappa shape index (κ3) is 3.25. The molecule has 2 aromatic carbocycles. The number of hydrogen-bond donors (Lipinski definition) is 0. The van der Waals surface area contributed by atoms with E-state index in [1.165, 1.54) is 12.1 Å². The van der Waals surface area contributed by atoms with Crippen LogP contribution in [0, 0.1) is 21.4 Å². The quantitative estimate of drug-likeness (QED) is 0.635. The lowest BCUT2D eigenvalue weighted by molar-refractivity contribution is -0.384. The van der Waals surface area contributed by atoms with Gasteiger partial charge in [0, 0.05) is 0 Å². The maximum absolute atomic E-state index is 10.8. The molecule has 5 nitrogen and oxygen atoms in total. The van der Waals surface area contributed by atoms with Crippen LogP contribution in [0.4, 0.5) is 5.69 Å². The van der Waals surface area contributed by atoms with Gasteiger partial charge in [0.25, 0.3) is 5.69 Å². The van der Waals surface area contributed by atoms with Gasteiger partial charge < -0.3 is 4.74 Å². The minimum absolute atomic E-state index is 0.0637. The SMILES string of the molecule is N#Cc1cccc(COc2ccc(Cl)c([N+](=O)[O-])c2)c1. The lowest BCUT2D eigenvalue weighted by Gasteiger charge is -2.06. The third-order valence-electron chi connectivity index (χ3n) is 2.58. The number of ether oxygens (including phenoxy) is 1. The molecule has 0 aromatic heterocycles. The third-order valence-corrected chi connectivity index (χ3v) is 2.90. The fourth-order valence-electron chi connectivity index (χ4n) is 1.62. The average Bonchev–Trinajstić information content (AvgIpc) is 2.46. The van der Waals surface area contributed by atoms with Crippen LogP contribution in [-0.2, 0) is 6.61 Å². The number of hydrogen-bond acceptors (Lipinski definition) is 4. The maximum atomic E-state index is 10.8. The van der Waals surface area contributed by atoms with Crippen molar-refractivity contribution in [1.29, 1.82) is 5.26 Å². The van der Waals surface area contributed by atoms with Crippen LogP contribution in [0.1, 0.15) is 11.1 Å². The number of benzene rings is 2. The van der Waals surface area contributed by atoms with Crippen molar-refractivity contribution in [2.24, 2.45) is 0 Å². The molecular weight excluding hydrogens is 280 g/mol. The molecule has 6 heteroatoms. The highest BCUT2D eigenvalue weighted by Gasteiger charge is 2.13. The van der Waals surface area contributed by atoms with E-state index in [4.69, 9.17) is 21.6 Å². The van der Waals surface area contributed by atoms with Crippen LogP contribution in [0.2, 0.25) is 5.02 Å². The first-order chi connectivity index (χ1) is 9.60. The van der Waals surface area contributed by atoms with E-state index in [9.17, 15) is 10.1 Å². The Morgan fingerprint density at radius 2 is 2.10 bits per heavy atom. The van der Waals surface area contributed by atoms with Crippen molar-refractivity contribution in [3.8, 4) is 11.8 Å². The summed E-state index contributed by atoms with van der Waals surface area (Å²) >= 11 is 5.71. The predicted octanol–water partition coefficient (Wildman–Crippen LogP) is 3.70. The second-order valence-corrected chi connectivity index (χ2v) is 4.38. The molecule has 0 radical (unpaired) electrons. The summed E-state index contributed by atoms with van der Waals surface area (Å²) in [5, 5.41) is 19.6. The molecule has 0 N–H and O–H groups in total. The van der Waals surface area contributed by atoms with Gasteiger partial charge in [-0.15, -0.1) is 0 Å². The van der Waals surface area contributed by atoms with E-state index in [1.54, 1.807) is 24.3 Å². The van der Waals surface area contributed by atoms with Gasteiger partial charge in [-0.25, -0.2) is 0 Å². The minimum atomic E-state index is -0.564. The summed E-state index contributed by atoms with van der Waals surface area (Å²) in [5.74, 6) is 0.350. The molecule has 0 aliphatic carbocycles. The van der Waals surface area contributed by atoms with E-state index in [0.717, 1.165) is 5.56 Å². The molecule has 0 saturated carbocycles. The van der Waals surface area contributed by atoms with Gasteiger partial charge in [-0.2, -0.15) is 5.26 Å². The molecule has 2 aromatic rings. The van der Waals surface area contributed by atoms with E-state index in [0.29, 0.717) is 11.3 Å². The lowest BCUT2D eigenvalue weighted by Crippen LogP contribution is -1.97. The Hall–Kier alpha value is -2.58. The van der Waals surface area contributed by atoms with Gasteiger partial charge in [-0.1, -0.05) is 23.7 Å². The zero-order valence-electron chi connectivity index (χ0n) is 10.2. The Bertz CT molecular complexity index is 695. The summed E-state index contributed by atoms with van der Waals surface area (Å²) < 4.78 is 5.46. The summed E-state index contributed by atoms with van der Waals surface area (Å²) in [6, 6.07) is 13.2. The van der Waals surface area contributed by atoms with Crippen molar-refractivity contribution < 1.29 is 9.66 Å². The molecule has 0 aliphatic heterocycles. The topological polar surface area (TPSA) is 76.2 Å². The fraction of sp³-hybridized carbons (Fsp3) is 0.0714. The van der Waals surface area contributed by atoms with Gasteiger partial charge >= 0.3 is 0 Å². The predicted molar refractivity (Wildman–Crippen MR) is 73.6 cm³/mol. The van der Waals surface area contributed by atoms with E-state index >= 15 is 0 Å². The number of nitriles is 1. The zero-order valence-corrected chi connectivity index (χ0v) is 11.0. The Balaban J connectivity index is 2.13. The number of nitrogens with zero attached hydrogens (tertiary/aromatic N) is 2. The molecule has 0 heterocycles. The summed E-state index contributed by atoms with van der Waals surface area (Å²) in [4.78, 5) is 10.2. The molecule has 0 atom stereocenters. The maximum Gasteiger partial charge on any atom is 0.291 e. The first-order valence-electron chi connectivity index (χ1n) is 5.66. The first-order valence-corrected chi connectivity index (χ1v) is 6.04. The Morgan fingerprint density at radius 1 is 1.30 bits per heavy atom. The molecular formula is C14H9ClN2O3. The summed E-state index contributed by atoms with van der Waals surface area (Å²) in [6.45, 7) is 0.217. The van der Waals surface area contributed by atoms with Crippen LogP contribution in [0.25, 0.3) is 0 Å². The standard InChI is InChI=1S/C14H9ClN2O3/c15-13-5-4-12(7-14(13)17(18)19)20-9-11-3-1-2-10(6-11)8-16/h1-7H,9H2. The molecule has 20 heavy (non-hydrogen) atoms. The highest BCUT2D eigenvalue weighted by molar-refractivity contribution is 6.32. The van der Waals surface area contributed by atoms with E-state index in [-0.39, 0.29) is 17.3 Å². The van der Waals surface area contributed by atoms with Gasteiger partial charge in [0.1, 0.15) is 17.4 Å². The summed E-state index contributed by atoms with van der Waals surface area (Å²) in [6.07, 6.45) is 0. The molecule has 0 bridgehead atoms. The van der Waals surface area contributed by atoms with E-state index in [1.807, 2.05) is 12.1 Å². The minimum Gasteiger partial charge on any atom is -0.489 e. The fourth-order valence-corrected chi connectivity index (χ4v) is 1.81. The zero-order chi connectivity index (χ0) is 14.5. The largest absolute Gasteiger partial charge is 0.489 e. The van der Waals surface area contributed by atoms with Gasteiger partial charge in [0.15, 0.2) is 0 Å². The summed E-state index contributed by atoms with van der Waals surface area (Å²) in [7, 11) is 0. The van der Waals surface area contributed by atoms with Crippen molar-refractivity contribution in [2.45, 2.75) is 6.61 Å². The molecule has 0 saturated heterocycles. The molecule has 0 spiro atoms. The van der Waals surface area contributed by atoms with Crippen molar-refractivity contribution in [3.05, 3.63) is 68.7 Å². The van der Waals surface area contributed by atoms with Crippen LogP contribution in [-0.4, -0.2) is 4.92 Å². The molecule has 0 aliphatic rings. The monoisotopic (exact) mass is 288 g/mol. The van der Waals surface area contributed by atoms with Crippen molar-refractivity contribution in [1.82, 2.24) is 0 Å². The van der Waals surface area contributed by atoms with E-state index < -0.39 is 4.92 Å².